The molecule has 0 fully saturated rings. The highest BCUT2D eigenvalue weighted by molar-refractivity contribution is 7.92. The summed E-state index contributed by atoms with van der Waals surface area (Å²) in [5.74, 6) is -0.0488. The van der Waals surface area contributed by atoms with E-state index in [9.17, 15) is 18.0 Å². The van der Waals surface area contributed by atoms with Gasteiger partial charge in [0, 0.05) is 47.1 Å². The van der Waals surface area contributed by atoms with Gasteiger partial charge in [0.2, 0.25) is 21.8 Å². The lowest BCUT2D eigenvalue weighted by Crippen LogP contribution is -2.54. The van der Waals surface area contributed by atoms with Gasteiger partial charge in [-0.25, -0.2) is 8.42 Å². The molecule has 0 aliphatic rings. The molecule has 43 heavy (non-hydrogen) atoms. The molecule has 11 heteroatoms. The van der Waals surface area contributed by atoms with Crippen LogP contribution in [-0.4, -0.2) is 56.6 Å². The molecule has 2 amide bonds. The van der Waals surface area contributed by atoms with Crippen molar-refractivity contribution >= 4 is 50.7 Å². The number of hydrogen-bond donors (Lipinski definition) is 1. The van der Waals surface area contributed by atoms with E-state index in [4.69, 9.17) is 27.9 Å². The number of hydrogen-bond acceptors (Lipinski definition) is 5. The van der Waals surface area contributed by atoms with Crippen LogP contribution in [0.15, 0.2) is 72.8 Å². The molecule has 0 aliphatic heterocycles. The van der Waals surface area contributed by atoms with E-state index in [2.05, 4.69) is 5.32 Å². The van der Waals surface area contributed by atoms with Gasteiger partial charge in [-0.05, 0) is 69.2 Å². The summed E-state index contributed by atoms with van der Waals surface area (Å²) >= 11 is 13.0. The van der Waals surface area contributed by atoms with Crippen LogP contribution in [0.2, 0.25) is 10.0 Å². The average molecular weight is 649 g/mol. The molecule has 8 nitrogen and oxygen atoms in total. The minimum atomic E-state index is -3.64. The third kappa shape index (κ3) is 10.2. The second-order valence-corrected chi connectivity index (χ2v) is 14.0. The molecule has 232 valence electrons. The van der Waals surface area contributed by atoms with E-state index < -0.39 is 21.6 Å². The van der Waals surface area contributed by atoms with Crippen LogP contribution in [0.25, 0.3) is 0 Å². The molecule has 0 aliphatic carbocycles. The van der Waals surface area contributed by atoms with Crippen molar-refractivity contribution in [3.63, 3.8) is 0 Å². The van der Waals surface area contributed by atoms with E-state index in [1.807, 2.05) is 51.1 Å². The van der Waals surface area contributed by atoms with Crippen molar-refractivity contribution in [1.29, 1.82) is 0 Å². The van der Waals surface area contributed by atoms with Gasteiger partial charge < -0.3 is 15.0 Å². The predicted octanol–water partition coefficient (Wildman–Crippen LogP) is 6.10. The van der Waals surface area contributed by atoms with Crippen molar-refractivity contribution in [2.24, 2.45) is 0 Å². The molecule has 1 N–H and O–H groups in total. The maximum Gasteiger partial charge on any atom is 0.243 e. The lowest BCUT2D eigenvalue weighted by molar-refractivity contribution is -0.142. The van der Waals surface area contributed by atoms with Gasteiger partial charge in [0.15, 0.2) is 0 Å². The number of sulfonamides is 1. The number of halogens is 2. The third-order valence-electron chi connectivity index (χ3n) is 6.67. The molecular formula is C32H39Cl2N3O5S. The minimum absolute atomic E-state index is 0.000668. The van der Waals surface area contributed by atoms with Crippen molar-refractivity contribution < 1.29 is 22.7 Å². The highest BCUT2D eigenvalue weighted by atomic mass is 35.5. The molecule has 3 aromatic carbocycles. The van der Waals surface area contributed by atoms with E-state index >= 15 is 0 Å². The first-order chi connectivity index (χ1) is 20.2. The normalized spacial score (nSPS) is 12.3. The maximum atomic E-state index is 14.0. The van der Waals surface area contributed by atoms with Crippen molar-refractivity contribution in [2.45, 2.75) is 58.2 Å². The topological polar surface area (TPSA) is 96.0 Å². The number of amides is 2. The summed E-state index contributed by atoms with van der Waals surface area (Å²) in [5.41, 5.74) is 1.32. The van der Waals surface area contributed by atoms with Crippen LogP contribution >= 0.6 is 23.2 Å². The molecule has 1 unspecified atom stereocenters. The highest BCUT2D eigenvalue weighted by Gasteiger charge is 2.33. The van der Waals surface area contributed by atoms with Gasteiger partial charge in [-0.1, -0.05) is 59.6 Å². The van der Waals surface area contributed by atoms with Crippen molar-refractivity contribution in [2.75, 3.05) is 24.2 Å². The number of nitrogens with one attached hydrogen (secondary N) is 1. The first-order valence-corrected chi connectivity index (χ1v) is 16.5. The van der Waals surface area contributed by atoms with Crippen molar-refractivity contribution in [3.05, 3.63) is 94.0 Å². The number of anilines is 1. The molecule has 1 atom stereocenters. The maximum absolute atomic E-state index is 14.0. The number of methoxy groups -OCH3 is 1. The van der Waals surface area contributed by atoms with Gasteiger partial charge in [-0.2, -0.15) is 0 Å². The molecule has 3 rings (SSSR count). The van der Waals surface area contributed by atoms with E-state index in [-0.39, 0.29) is 44.2 Å². The van der Waals surface area contributed by atoms with Crippen LogP contribution in [0.3, 0.4) is 0 Å². The Morgan fingerprint density at radius 1 is 0.930 bits per heavy atom. The number of carbonyl (C=O) groups excluding carboxylic acids is 2. The van der Waals surface area contributed by atoms with Gasteiger partial charge in [-0.3, -0.25) is 13.9 Å². The lowest BCUT2D eigenvalue weighted by atomic mass is 10.00. The Hall–Kier alpha value is -3.27. The fraction of sp³-hybridized carbons (Fsp3) is 0.375. The predicted molar refractivity (Wildman–Crippen MR) is 173 cm³/mol. The molecule has 0 spiro atoms. The van der Waals surface area contributed by atoms with E-state index in [1.165, 1.54) is 16.3 Å². The van der Waals surface area contributed by atoms with Gasteiger partial charge in [0.1, 0.15) is 11.8 Å². The Kier molecular flexibility index (Phi) is 11.9. The van der Waals surface area contributed by atoms with Crippen LogP contribution in [0.1, 0.15) is 44.7 Å². The van der Waals surface area contributed by atoms with Gasteiger partial charge >= 0.3 is 0 Å². The SMILES string of the molecule is COc1ccc(N(CCCC(=O)N(Cc2c(Cl)cccc2Cl)C(Cc2ccccc2)C(=O)NC(C)(C)C)S(C)(=O)=O)cc1. The summed E-state index contributed by atoms with van der Waals surface area (Å²) in [5, 5.41) is 3.77. The standard InChI is InChI=1S/C32H39Cl2N3O5S/c1-32(2,3)35-31(39)29(21-23-11-7-6-8-12-23)36(22-26-27(33)13-9-14-28(26)34)30(38)15-10-20-37(43(5,40)41)24-16-18-25(42-4)19-17-24/h6-9,11-14,16-19,29H,10,15,20-22H2,1-5H3,(H,35,39). The number of benzene rings is 3. The largest absolute Gasteiger partial charge is 0.497 e. The molecule has 3 aromatic rings. The first kappa shape index (κ1) is 34.2. The molecular weight excluding hydrogens is 609 g/mol. The van der Waals surface area contributed by atoms with E-state index in [1.54, 1.807) is 42.5 Å². The fourth-order valence-corrected chi connectivity index (χ4v) is 6.10. The summed E-state index contributed by atoms with van der Waals surface area (Å²) in [4.78, 5) is 29.2. The quantitative estimate of drug-likeness (QED) is 0.242. The van der Waals surface area contributed by atoms with Crippen molar-refractivity contribution in [3.8, 4) is 5.75 Å². The Bertz CT molecular complexity index is 1470. The fourth-order valence-electron chi connectivity index (χ4n) is 4.61. The Balaban J connectivity index is 1.94. The average Bonchev–Trinajstić information content (AvgIpc) is 2.93. The van der Waals surface area contributed by atoms with Crippen LogP contribution in [0, 0.1) is 0 Å². The van der Waals surface area contributed by atoms with Crippen LogP contribution in [0.5, 0.6) is 5.75 Å². The van der Waals surface area contributed by atoms with Crippen LogP contribution < -0.4 is 14.4 Å². The monoisotopic (exact) mass is 647 g/mol. The zero-order valence-electron chi connectivity index (χ0n) is 25.1. The van der Waals surface area contributed by atoms with Crippen LogP contribution in [-0.2, 0) is 32.6 Å². The summed E-state index contributed by atoms with van der Waals surface area (Å²) in [6.45, 7) is 5.69. The molecule has 0 bridgehead atoms. The molecule has 0 saturated heterocycles. The van der Waals surface area contributed by atoms with Crippen LogP contribution in [0.4, 0.5) is 5.69 Å². The smallest absolute Gasteiger partial charge is 0.243 e. The zero-order valence-corrected chi connectivity index (χ0v) is 27.5. The van der Waals surface area contributed by atoms with Gasteiger partial charge in [0.25, 0.3) is 0 Å². The lowest BCUT2D eigenvalue weighted by Gasteiger charge is -2.34. The van der Waals surface area contributed by atoms with Crippen molar-refractivity contribution in [1.82, 2.24) is 10.2 Å². The number of nitrogens with zero attached hydrogens (tertiary/aromatic N) is 2. The number of carbonyl (C=O) groups is 2. The van der Waals surface area contributed by atoms with E-state index in [0.717, 1.165) is 11.8 Å². The molecule has 0 radical (unpaired) electrons. The van der Waals surface area contributed by atoms with Gasteiger partial charge in [0.05, 0.1) is 19.1 Å². The second-order valence-electron chi connectivity index (χ2n) is 11.3. The minimum Gasteiger partial charge on any atom is -0.497 e. The zero-order chi connectivity index (χ0) is 31.8. The molecule has 0 aromatic heterocycles. The molecule has 0 heterocycles. The number of rotatable bonds is 13. The summed E-state index contributed by atoms with van der Waals surface area (Å²) < 4.78 is 31.8. The summed E-state index contributed by atoms with van der Waals surface area (Å²) in [7, 11) is -2.11. The third-order valence-corrected chi connectivity index (χ3v) is 8.57. The Morgan fingerprint density at radius 2 is 1.53 bits per heavy atom. The Morgan fingerprint density at radius 3 is 2.07 bits per heavy atom. The first-order valence-electron chi connectivity index (χ1n) is 13.9. The summed E-state index contributed by atoms with van der Waals surface area (Å²) in [6.07, 6.45) is 1.58. The second kappa shape index (κ2) is 14.9. The Labute approximate surface area is 265 Å². The van der Waals surface area contributed by atoms with E-state index in [0.29, 0.717) is 27.0 Å². The number of ether oxygens (including phenoxy) is 1. The van der Waals surface area contributed by atoms with Gasteiger partial charge in [-0.15, -0.1) is 0 Å². The summed E-state index contributed by atoms with van der Waals surface area (Å²) in [6, 6.07) is 20.3. The molecule has 0 saturated carbocycles. The highest BCUT2D eigenvalue weighted by Crippen LogP contribution is 2.28.